The number of esters is 1. The molecule has 2 heterocycles. The lowest BCUT2D eigenvalue weighted by Gasteiger charge is -2.15. The van der Waals surface area contributed by atoms with Crippen LogP contribution in [0.25, 0.3) is 0 Å². The van der Waals surface area contributed by atoms with Gasteiger partial charge in [0.05, 0.1) is 6.10 Å². The van der Waals surface area contributed by atoms with E-state index in [1.807, 2.05) is 0 Å². The summed E-state index contributed by atoms with van der Waals surface area (Å²) in [5, 5.41) is 2.64. The molecule has 76 valence electrons. The number of hydrogen-bond acceptors (Lipinski definition) is 4. The highest BCUT2D eigenvalue weighted by molar-refractivity contribution is 5.85. The molecule has 1 aliphatic carbocycles. The molecule has 3 rings (SSSR count). The Morgan fingerprint density at radius 1 is 1.50 bits per heavy atom. The van der Waals surface area contributed by atoms with Crippen LogP contribution in [0.2, 0.25) is 0 Å². The lowest BCUT2D eigenvalue weighted by molar-refractivity contribution is -0.144. The number of fused-ring (bicyclic) bond motifs is 3. The molecular weight excluding hydrogens is 186 g/mol. The highest BCUT2D eigenvalue weighted by Crippen LogP contribution is 2.48. The number of epoxide rings is 1. The number of amides is 1. The molecule has 0 aromatic heterocycles. The Kier molecular flexibility index (Phi) is 1.45. The summed E-state index contributed by atoms with van der Waals surface area (Å²) in [6.45, 7) is 1.41. The van der Waals surface area contributed by atoms with E-state index in [4.69, 9.17) is 9.47 Å². The molecule has 0 radical (unpaired) electrons. The van der Waals surface area contributed by atoms with Crippen molar-refractivity contribution in [2.75, 3.05) is 0 Å². The van der Waals surface area contributed by atoms with E-state index in [2.05, 4.69) is 5.32 Å². The quantitative estimate of drug-likeness (QED) is 0.441. The summed E-state index contributed by atoms with van der Waals surface area (Å²) < 4.78 is 10.5. The van der Waals surface area contributed by atoms with E-state index in [0.717, 1.165) is 6.42 Å². The zero-order valence-corrected chi connectivity index (χ0v) is 7.73. The van der Waals surface area contributed by atoms with Gasteiger partial charge in [0.15, 0.2) is 0 Å². The number of hydrogen-bond donors (Lipinski definition) is 1. The summed E-state index contributed by atoms with van der Waals surface area (Å²) in [4.78, 5) is 22.3. The van der Waals surface area contributed by atoms with Crippen molar-refractivity contribution in [2.45, 2.75) is 37.7 Å². The molecule has 0 aromatic carbocycles. The summed E-state index contributed by atoms with van der Waals surface area (Å²) in [5.41, 5.74) is 0. The van der Waals surface area contributed by atoms with Gasteiger partial charge in [-0.2, -0.15) is 0 Å². The summed E-state index contributed by atoms with van der Waals surface area (Å²) >= 11 is 0. The molecule has 1 saturated carbocycles. The van der Waals surface area contributed by atoms with Crippen molar-refractivity contribution in [3.63, 3.8) is 0 Å². The minimum atomic E-state index is -0.450. The van der Waals surface area contributed by atoms with E-state index in [1.54, 1.807) is 0 Å². The van der Waals surface area contributed by atoms with E-state index in [-0.39, 0.29) is 36.1 Å². The van der Waals surface area contributed by atoms with E-state index in [0.29, 0.717) is 0 Å². The maximum Gasteiger partial charge on any atom is 0.329 e. The second-order valence-electron chi connectivity index (χ2n) is 4.12. The van der Waals surface area contributed by atoms with Crippen molar-refractivity contribution in [1.29, 1.82) is 0 Å². The fourth-order valence-electron chi connectivity index (χ4n) is 2.53. The van der Waals surface area contributed by atoms with Crippen molar-refractivity contribution in [1.82, 2.24) is 5.32 Å². The average Bonchev–Trinajstić information content (AvgIpc) is 2.70. The molecule has 14 heavy (non-hydrogen) atoms. The van der Waals surface area contributed by atoms with Gasteiger partial charge in [-0.05, 0) is 6.42 Å². The van der Waals surface area contributed by atoms with Gasteiger partial charge in [0.2, 0.25) is 5.91 Å². The van der Waals surface area contributed by atoms with Crippen LogP contribution in [0.3, 0.4) is 0 Å². The molecular formula is C9H11NO4. The highest BCUT2D eigenvalue weighted by atomic mass is 16.6. The topological polar surface area (TPSA) is 67.9 Å². The molecule has 2 saturated heterocycles. The molecule has 1 N–H and O–H groups in total. The Balaban J connectivity index is 1.78. The Morgan fingerprint density at radius 2 is 2.29 bits per heavy atom. The van der Waals surface area contributed by atoms with Gasteiger partial charge >= 0.3 is 5.97 Å². The standard InChI is InChI=1S/C9H11NO4/c1-3(11)10-6-4-2-5-8(13-5)7(4)14-9(6)12/h4-8H,2H2,1H3,(H,10,11)/t4-,5+,6+,7+,8+/m0/s1. The molecule has 1 amide bonds. The lowest BCUT2D eigenvalue weighted by Crippen LogP contribution is -2.41. The van der Waals surface area contributed by atoms with E-state index in [9.17, 15) is 9.59 Å². The summed E-state index contributed by atoms with van der Waals surface area (Å²) in [6, 6.07) is -0.450. The fraction of sp³-hybridized carbons (Fsp3) is 0.778. The maximum atomic E-state index is 11.4. The monoisotopic (exact) mass is 197 g/mol. The average molecular weight is 197 g/mol. The Hall–Kier alpha value is -1.10. The zero-order valence-electron chi connectivity index (χ0n) is 7.73. The smallest absolute Gasteiger partial charge is 0.329 e. The summed E-state index contributed by atoms with van der Waals surface area (Å²) in [7, 11) is 0. The van der Waals surface area contributed by atoms with Gasteiger partial charge in [-0.3, -0.25) is 4.79 Å². The van der Waals surface area contributed by atoms with Gasteiger partial charge in [-0.15, -0.1) is 0 Å². The molecule has 0 aromatic rings. The summed E-state index contributed by atoms with van der Waals surface area (Å²) in [6.07, 6.45) is 1.06. The third kappa shape index (κ3) is 0.987. The molecule has 5 atom stereocenters. The highest BCUT2D eigenvalue weighted by Gasteiger charge is 2.64. The van der Waals surface area contributed by atoms with Crippen molar-refractivity contribution in [2.24, 2.45) is 5.92 Å². The van der Waals surface area contributed by atoms with Crippen molar-refractivity contribution in [3.8, 4) is 0 Å². The van der Waals surface area contributed by atoms with Crippen LogP contribution >= 0.6 is 0 Å². The Morgan fingerprint density at radius 3 is 3.00 bits per heavy atom. The van der Waals surface area contributed by atoms with Gasteiger partial charge in [-0.25, -0.2) is 4.79 Å². The normalized spacial score (nSPS) is 48.1. The maximum absolute atomic E-state index is 11.4. The molecule has 2 aliphatic heterocycles. The van der Waals surface area contributed by atoms with Crippen LogP contribution in [0, 0.1) is 5.92 Å². The first-order valence-electron chi connectivity index (χ1n) is 4.80. The zero-order chi connectivity index (χ0) is 9.87. The minimum absolute atomic E-state index is 0.0997. The second kappa shape index (κ2) is 2.48. The van der Waals surface area contributed by atoms with Crippen molar-refractivity contribution >= 4 is 11.9 Å². The number of nitrogens with one attached hydrogen (secondary N) is 1. The summed E-state index contributed by atoms with van der Waals surface area (Å²) in [5.74, 6) is -0.381. The largest absolute Gasteiger partial charge is 0.458 e. The van der Waals surface area contributed by atoms with E-state index < -0.39 is 6.04 Å². The Bertz CT molecular complexity index is 316. The number of carbonyl (C=O) groups is 2. The van der Waals surface area contributed by atoms with E-state index in [1.165, 1.54) is 6.92 Å². The first-order chi connectivity index (χ1) is 6.66. The molecule has 3 aliphatic rings. The third-order valence-electron chi connectivity index (χ3n) is 3.17. The van der Waals surface area contributed by atoms with Gasteiger partial charge in [0.25, 0.3) is 0 Å². The second-order valence-corrected chi connectivity index (χ2v) is 4.12. The molecule has 0 bridgehead atoms. The van der Waals surface area contributed by atoms with E-state index >= 15 is 0 Å². The van der Waals surface area contributed by atoms with Crippen LogP contribution in [0.5, 0.6) is 0 Å². The first kappa shape index (κ1) is 8.23. The molecule has 0 spiro atoms. The third-order valence-corrected chi connectivity index (χ3v) is 3.17. The van der Waals surface area contributed by atoms with Crippen LogP contribution in [0.4, 0.5) is 0 Å². The number of rotatable bonds is 1. The molecule has 3 fully saturated rings. The Labute approximate surface area is 80.7 Å². The van der Waals surface area contributed by atoms with Gasteiger partial charge < -0.3 is 14.8 Å². The van der Waals surface area contributed by atoms with Crippen molar-refractivity contribution in [3.05, 3.63) is 0 Å². The lowest BCUT2D eigenvalue weighted by atomic mass is 9.98. The van der Waals surface area contributed by atoms with Gasteiger partial charge in [-0.1, -0.05) is 0 Å². The van der Waals surface area contributed by atoms with Crippen LogP contribution < -0.4 is 5.32 Å². The fourth-order valence-corrected chi connectivity index (χ4v) is 2.53. The van der Waals surface area contributed by atoms with Crippen LogP contribution in [-0.2, 0) is 19.1 Å². The first-order valence-corrected chi connectivity index (χ1v) is 4.80. The molecule has 0 unspecified atom stereocenters. The van der Waals surface area contributed by atoms with Crippen molar-refractivity contribution < 1.29 is 19.1 Å². The van der Waals surface area contributed by atoms with Crippen LogP contribution in [0.15, 0.2) is 0 Å². The SMILES string of the molecule is CC(=O)N[C@H]1C(=O)O[C@@H]2[C@H]1C[C@H]1O[C@@H]21. The predicted octanol–water partition coefficient (Wildman–Crippen LogP) is -0.796. The predicted molar refractivity (Wildman–Crippen MR) is 44.3 cm³/mol. The minimum Gasteiger partial charge on any atom is -0.458 e. The number of ether oxygens (including phenoxy) is 2. The van der Waals surface area contributed by atoms with Crippen LogP contribution in [0.1, 0.15) is 13.3 Å². The molecule has 5 nitrogen and oxygen atoms in total. The van der Waals surface area contributed by atoms with Gasteiger partial charge in [0.1, 0.15) is 18.2 Å². The van der Waals surface area contributed by atoms with Gasteiger partial charge in [0, 0.05) is 12.8 Å². The number of carbonyl (C=O) groups excluding carboxylic acids is 2. The molecule has 5 heteroatoms. The van der Waals surface area contributed by atoms with Crippen LogP contribution in [-0.4, -0.2) is 36.2 Å².